The lowest BCUT2D eigenvalue weighted by molar-refractivity contribution is -0.156. The van der Waals surface area contributed by atoms with Crippen LogP contribution in [0, 0.1) is 0 Å². The average molecular weight is 311 g/mol. The van der Waals surface area contributed by atoms with Crippen LogP contribution in [0.1, 0.15) is 42.2 Å². The van der Waals surface area contributed by atoms with Crippen LogP contribution in [-0.2, 0) is 20.8 Å². The molecule has 4 nitrogen and oxygen atoms in total. The van der Waals surface area contributed by atoms with Gasteiger partial charge in [0.25, 0.3) is 0 Å². The maximum absolute atomic E-state index is 12.1. The molecule has 1 aliphatic heterocycles. The predicted octanol–water partition coefficient (Wildman–Crippen LogP) is 3.50. The molecular formula is C19H21NO3. The number of fused-ring (bicyclic) bond motifs is 1. The van der Waals surface area contributed by atoms with Gasteiger partial charge in [-0.15, -0.1) is 5.48 Å². The van der Waals surface area contributed by atoms with E-state index in [1.54, 1.807) is 0 Å². The van der Waals surface area contributed by atoms with Crippen molar-refractivity contribution in [3.63, 3.8) is 0 Å². The van der Waals surface area contributed by atoms with Gasteiger partial charge in [0.05, 0.1) is 25.2 Å². The van der Waals surface area contributed by atoms with Gasteiger partial charge in [-0.2, -0.15) is 0 Å². The molecule has 4 heteroatoms. The standard InChI is InChI=1S/C19H21NO3/c1-14(15-7-3-2-4-8-15)20-23-19(21)13-18-17-10-6-5-9-16(17)11-12-22-18/h2-10,14,18,20H,11-13H2,1H3/t14-,18?/m1/s1. The first-order chi connectivity index (χ1) is 11.2. The molecule has 2 aromatic rings. The summed E-state index contributed by atoms with van der Waals surface area (Å²) >= 11 is 0. The fraction of sp³-hybridized carbons (Fsp3) is 0.316. The van der Waals surface area contributed by atoms with E-state index in [4.69, 9.17) is 9.57 Å². The first-order valence-corrected chi connectivity index (χ1v) is 7.93. The normalized spacial score (nSPS) is 18.0. The Labute approximate surface area is 136 Å². The van der Waals surface area contributed by atoms with E-state index in [9.17, 15) is 4.79 Å². The van der Waals surface area contributed by atoms with Crippen molar-refractivity contribution in [2.75, 3.05) is 6.61 Å². The van der Waals surface area contributed by atoms with E-state index >= 15 is 0 Å². The lowest BCUT2D eigenvalue weighted by Crippen LogP contribution is -2.26. The first-order valence-electron chi connectivity index (χ1n) is 7.93. The van der Waals surface area contributed by atoms with Gasteiger partial charge in [0, 0.05) is 0 Å². The van der Waals surface area contributed by atoms with Gasteiger partial charge in [-0.1, -0.05) is 54.6 Å². The highest BCUT2D eigenvalue weighted by Gasteiger charge is 2.24. The maximum Gasteiger partial charge on any atom is 0.327 e. The summed E-state index contributed by atoms with van der Waals surface area (Å²) in [5.74, 6) is -0.311. The number of rotatable bonds is 5. The molecule has 1 unspecified atom stereocenters. The van der Waals surface area contributed by atoms with Crippen LogP contribution in [0.4, 0.5) is 0 Å². The Morgan fingerprint density at radius 3 is 2.78 bits per heavy atom. The van der Waals surface area contributed by atoms with Crippen LogP contribution in [0.5, 0.6) is 0 Å². The van der Waals surface area contributed by atoms with Crippen molar-refractivity contribution in [3.8, 4) is 0 Å². The molecule has 120 valence electrons. The predicted molar refractivity (Wildman–Crippen MR) is 87.5 cm³/mol. The topological polar surface area (TPSA) is 47.6 Å². The molecule has 0 saturated carbocycles. The molecule has 0 fully saturated rings. The molecule has 0 amide bonds. The molecule has 2 aromatic carbocycles. The zero-order valence-corrected chi connectivity index (χ0v) is 13.2. The van der Waals surface area contributed by atoms with E-state index < -0.39 is 0 Å². The summed E-state index contributed by atoms with van der Waals surface area (Å²) in [7, 11) is 0. The minimum atomic E-state index is -0.311. The third-order valence-corrected chi connectivity index (χ3v) is 4.09. The first kappa shape index (κ1) is 15.7. The Bertz CT molecular complexity index is 657. The highest BCUT2D eigenvalue weighted by atomic mass is 16.7. The monoisotopic (exact) mass is 311 g/mol. The van der Waals surface area contributed by atoms with E-state index in [0.717, 1.165) is 17.5 Å². The lowest BCUT2D eigenvalue weighted by atomic mass is 9.96. The Balaban J connectivity index is 1.54. The lowest BCUT2D eigenvalue weighted by Gasteiger charge is -2.25. The van der Waals surface area contributed by atoms with Crippen LogP contribution in [0.15, 0.2) is 54.6 Å². The largest absolute Gasteiger partial charge is 0.373 e. The maximum atomic E-state index is 12.1. The summed E-state index contributed by atoms with van der Waals surface area (Å²) < 4.78 is 5.74. The number of nitrogens with one attached hydrogen (secondary N) is 1. The van der Waals surface area contributed by atoms with Gasteiger partial charge in [-0.25, -0.2) is 0 Å². The SMILES string of the molecule is C[C@@H](NOC(=O)CC1OCCc2ccccc21)c1ccccc1. The summed E-state index contributed by atoms with van der Waals surface area (Å²) in [6.07, 6.45) is 0.887. The van der Waals surface area contributed by atoms with E-state index in [1.165, 1.54) is 5.56 Å². The third kappa shape index (κ3) is 3.97. The molecule has 0 bridgehead atoms. The van der Waals surface area contributed by atoms with Gasteiger partial charge < -0.3 is 9.57 Å². The molecule has 23 heavy (non-hydrogen) atoms. The number of hydrogen-bond donors (Lipinski definition) is 1. The molecule has 1 aliphatic rings. The van der Waals surface area contributed by atoms with Gasteiger partial charge in [0.2, 0.25) is 0 Å². The smallest absolute Gasteiger partial charge is 0.327 e. The fourth-order valence-electron chi connectivity index (χ4n) is 2.80. The number of carbonyl (C=O) groups excluding carboxylic acids is 1. The molecule has 2 atom stereocenters. The molecule has 1 heterocycles. The zero-order valence-electron chi connectivity index (χ0n) is 13.2. The summed E-state index contributed by atoms with van der Waals surface area (Å²) in [4.78, 5) is 17.3. The summed E-state index contributed by atoms with van der Waals surface area (Å²) in [5.41, 5.74) is 6.22. The van der Waals surface area contributed by atoms with Gasteiger partial charge in [-0.3, -0.25) is 4.79 Å². The Kier molecular flexibility index (Phi) is 5.05. The van der Waals surface area contributed by atoms with Crippen molar-refractivity contribution in [1.29, 1.82) is 0 Å². The Morgan fingerprint density at radius 1 is 1.22 bits per heavy atom. The van der Waals surface area contributed by atoms with E-state index in [2.05, 4.69) is 11.5 Å². The summed E-state index contributed by atoms with van der Waals surface area (Å²) in [6, 6.07) is 17.9. The molecule has 3 rings (SSSR count). The van der Waals surface area contributed by atoms with Crippen molar-refractivity contribution in [2.45, 2.75) is 31.9 Å². The molecule has 0 saturated heterocycles. The third-order valence-electron chi connectivity index (χ3n) is 4.09. The number of hydroxylamine groups is 1. The van der Waals surface area contributed by atoms with Crippen molar-refractivity contribution >= 4 is 5.97 Å². The van der Waals surface area contributed by atoms with E-state index in [0.29, 0.717) is 6.61 Å². The molecule has 0 aromatic heterocycles. The second-order valence-corrected chi connectivity index (χ2v) is 5.74. The molecule has 0 radical (unpaired) electrons. The quantitative estimate of drug-likeness (QED) is 0.859. The molecular weight excluding hydrogens is 290 g/mol. The van der Waals surface area contributed by atoms with Crippen molar-refractivity contribution < 1.29 is 14.4 Å². The number of hydrogen-bond acceptors (Lipinski definition) is 4. The van der Waals surface area contributed by atoms with Crippen LogP contribution in [0.2, 0.25) is 0 Å². The Morgan fingerprint density at radius 2 is 1.96 bits per heavy atom. The molecule has 0 aliphatic carbocycles. The highest BCUT2D eigenvalue weighted by molar-refractivity contribution is 5.70. The minimum absolute atomic E-state index is 0.0558. The van der Waals surface area contributed by atoms with E-state index in [1.807, 2.05) is 55.5 Å². The molecule has 0 spiro atoms. The van der Waals surface area contributed by atoms with Crippen molar-refractivity contribution in [3.05, 3.63) is 71.3 Å². The van der Waals surface area contributed by atoms with Gasteiger partial charge >= 0.3 is 5.97 Å². The van der Waals surface area contributed by atoms with Crippen LogP contribution < -0.4 is 5.48 Å². The van der Waals surface area contributed by atoms with Gasteiger partial charge in [0.1, 0.15) is 0 Å². The number of ether oxygens (including phenoxy) is 1. The zero-order chi connectivity index (χ0) is 16.1. The van der Waals surface area contributed by atoms with Crippen molar-refractivity contribution in [1.82, 2.24) is 5.48 Å². The highest BCUT2D eigenvalue weighted by Crippen LogP contribution is 2.29. The van der Waals surface area contributed by atoms with Crippen LogP contribution in [0.25, 0.3) is 0 Å². The summed E-state index contributed by atoms with van der Waals surface area (Å²) in [5, 5.41) is 0. The van der Waals surface area contributed by atoms with Crippen LogP contribution >= 0.6 is 0 Å². The van der Waals surface area contributed by atoms with Crippen LogP contribution in [-0.4, -0.2) is 12.6 Å². The van der Waals surface area contributed by atoms with Gasteiger partial charge in [-0.05, 0) is 30.0 Å². The number of benzene rings is 2. The average Bonchev–Trinajstić information content (AvgIpc) is 2.61. The van der Waals surface area contributed by atoms with Crippen molar-refractivity contribution in [2.24, 2.45) is 0 Å². The minimum Gasteiger partial charge on any atom is -0.373 e. The Hall–Kier alpha value is -2.17. The summed E-state index contributed by atoms with van der Waals surface area (Å²) in [6.45, 7) is 2.60. The van der Waals surface area contributed by atoms with Crippen LogP contribution in [0.3, 0.4) is 0 Å². The van der Waals surface area contributed by atoms with E-state index in [-0.39, 0.29) is 24.5 Å². The second kappa shape index (κ2) is 7.40. The number of carbonyl (C=O) groups is 1. The second-order valence-electron chi connectivity index (χ2n) is 5.74. The van der Waals surface area contributed by atoms with Gasteiger partial charge in [0.15, 0.2) is 0 Å². The molecule has 1 N–H and O–H groups in total. The fourth-order valence-corrected chi connectivity index (χ4v) is 2.80.